The van der Waals surface area contributed by atoms with Crippen LogP contribution in [0.3, 0.4) is 0 Å². The van der Waals surface area contributed by atoms with Crippen LogP contribution in [0.5, 0.6) is 5.88 Å². The number of piperazine rings is 1. The van der Waals surface area contributed by atoms with E-state index in [1.807, 2.05) is 13.8 Å². The molecule has 0 bridgehead atoms. The minimum atomic E-state index is -3.86. The van der Waals surface area contributed by atoms with Crippen molar-refractivity contribution in [3.05, 3.63) is 29.2 Å². The predicted molar refractivity (Wildman–Crippen MR) is 121 cm³/mol. The Morgan fingerprint density at radius 2 is 1.91 bits per heavy atom. The monoisotopic (exact) mass is 479 g/mol. The zero-order valence-electron chi connectivity index (χ0n) is 18.9. The van der Waals surface area contributed by atoms with Crippen LogP contribution >= 0.6 is 0 Å². The van der Waals surface area contributed by atoms with Crippen molar-refractivity contribution in [2.45, 2.75) is 32.1 Å². The number of nitrogens with zero attached hydrogens (tertiary/aromatic N) is 4. The molecule has 180 valence electrons. The number of nitrogens with two attached hydrogens (primary N) is 1. The van der Waals surface area contributed by atoms with E-state index in [0.717, 1.165) is 6.54 Å². The molecule has 0 radical (unpaired) electrons. The third-order valence-corrected chi connectivity index (χ3v) is 7.30. The lowest BCUT2D eigenvalue weighted by molar-refractivity contribution is 0.0996. The van der Waals surface area contributed by atoms with Gasteiger partial charge in [0.15, 0.2) is 5.69 Å². The lowest BCUT2D eigenvalue weighted by Crippen LogP contribution is -2.48. The van der Waals surface area contributed by atoms with Gasteiger partial charge in [0.05, 0.1) is 24.2 Å². The fraction of sp³-hybridized carbons (Fsp3) is 0.500. The number of rotatable bonds is 9. The summed E-state index contributed by atoms with van der Waals surface area (Å²) >= 11 is 0. The fourth-order valence-electron chi connectivity index (χ4n) is 3.55. The van der Waals surface area contributed by atoms with Crippen molar-refractivity contribution >= 4 is 27.5 Å². The van der Waals surface area contributed by atoms with Crippen molar-refractivity contribution in [1.82, 2.24) is 24.4 Å². The summed E-state index contributed by atoms with van der Waals surface area (Å²) in [5.41, 5.74) is 5.80. The van der Waals surface area contributed by atoms with E-state index >= 15 is 0 Å². The van der Waals surface area contributed by atoms with Gasteiger partial charge in [0.2, 0.25) is 15.9 Å². The molecule has 2 aromatic rings. The first-order valence-electron chi connectivity index (χ1n) is 10.8. The van der Waals surface area contributed by atoms with Crippen molar-refractivity contribution < 1.29 is 22.7 Å². The van der Waals surface area contributed by atoms with E-state index in [1.54, 1.807) is 6.92 Å². The van der Waals surface area contributed by atoms with E-state index in [-0.39, 0.29) is 34.3 Å². The summed E-state index contributed by atoms with van der Waals surface area (Å²) < 4.78 is 33.2. The largest absolute Gasteiger partial charge is 0.477 e. The van der Waals surface area contributed by atoms with Crippen LogP contribution < -0.4 is 15.8 Å². The number of ether oxygens (including phenoxy) is 1. The van der Waals surface area contributed by atoms with Crippen LogP contribution in [-0.2, 0) is 16.4 Å². The van der Waals surface area contributed by atoms with Gasteiger partial charge in [-0.1, -0.05) is 13.8 Å². The highest BCUT2D eigenvalue weighted by Crippen LogP contribution is 2.26. The van der Waals surface area contributed by atoms with Gasteiger partial charge in [0.25, 0.3) is 11.8 Å². The first-order valence-corrected chi connectivity index (χ1v) is 12.2. The minimum absolute atomic E-state index is 0.0214. The molecule has 3 rings (SSSR count). The topological polar surface area (TPSA) is 164 Å². The fourth-order valence-corrected chi connectivity index (χ4v) is 4.95. The maximum absolute atomic E-state index is 13.2. The lowest BCUT2D eigenvalue weighted by atomic mass is 10.2. The molecule has 0 saturated carbocycles. The van der Waals surface area contributed by atoms with Crippen LogP contribution in [0, 0.1) is 0 Å². The summed E-state index contributed by atoms with van der Waals surface area (Å²) in [7, 11) is -3.86. The smallest absolute Gasteiger partial charge is 0.271 e. The van der Waals surface area contributed by atoms with E-state index in [9.17, 15) is 18.0 Å². The Kier molecular flexibility index (Phi) is 7.66. The molecule has 12 nitrogen and oxygen atoms in total. The zero-order valence-corrected chi connectivity index (χ0v) is 19.7. The number of sulfonamides is 1. The Bertz CT molecular complexity index is 1120. The summed E-state index contributed by atoms with van der Waals surface area (Å²) in [6.45, 7) is 8.58. The molecule has 0 aliphatic carbocycles. The highest BCUT2D eigenvalue weighted by Gasteiger charge is 2.30. The number of aromatic nitrogens is 3. The van der Waals surface area contributed by atoms with E-state index in [2.05, 4.69) is 25.4 Å². The molecule has 2 aromatic heterocycles. The second-order valence-electron chi connectivity index (χ2n) is 7.39. The number of hydrogen-bond donors (Lipinski definition) is 3. The number of carbonyl (C=O) groups is 2. The molecule has 3 heterocycles. The summed E-state index contributed by atoms with van der Waals surface area (Å²) in [6.07, 6.45) is 1.64. The molecule has 1 aliphatic rings. The van der Waals surface area contributed by atoms with Crippen molar-refractivity contribution in [2.24, 2.45) is 5.73 Å². The summed E-state index contributed by atoms with van der Waals surface area (Å²) in [4.78, 5) is 31.0. The van der Waals surface area contributed by atoms with Crippen molar-refractivity contribution in [3.8, 4) is 5.88 Å². The average molecular weight is 480 g/mol. The van der Waals surface area contributed by atoms with Gasteiger partial charge in [-0.05, 0) is 26.0 Å². The average Bonchev–Trinajstić information content (AvgIpc) is 3.22. The van der Waals surface area contributed by atoms with Gasteiger partial charge < -0.3 is 20.7 Å². The molecule has 4 N–H and O–H groups in total. The Morgan fingerprint density at radius 3 is 2.48 bits per heavy atom. The summed E-state index contributed by atoms with van der Waals surface area (Å²) in [6, 6.07) is 1.24. The normalized spacial score (nSPS) is 15.4. The Labute approximate surface area is 192 Å². The number of carbonyl (C=O) groups excluding carboxylic acids is 2. The number of aryl methyl sites for hydroxylation is 1. The van der Waals surface area contributed by atoms with Gasteiger partial charge >= 0.3 is 0 Å². The highest BCUT2D eigenvalue weighted by molar-refractivity contribution is 7.89. The number of pyridine rings is 1. The number of amides is 2. The second-order valence-corrected chi connectivity index (χ2v) is 9.33. The minimum Gasteiger partial charge on any atom is -0.477 e. The molecule has 13 heteroatoms. The molecular formula is C20H29N7O5S. The number of likely N-dealkylation sites (N-methyl/N-ethyl adjacent to an activating group) is 1. The molecule has 2 amide bonds. The van der Waals surface area contributed by atoms with Gasteiger partial charge in [-0.15, -0.1) is 0 Å². The SMILES string of the molecule is CCOc1ncc(S(=O)(=O)N2CCN(CC)CC2)cc1C(=O)Nc1c(C(N)=O)n[nH]c1CC. The molecular weight excluding hydrogens is 450 g/mol. The quantitative estimate of drug-likeness (QED) is 0.466. The molecule has 33 heavy (non-hydrogen) atoms. The predicted octanol–water partition coefficient (Wildman–Crippen LogP) is 0.443. The first-order chi connectivity index (χ1) is 15.7. The van der Waals surface area contributed by atoms with Crippen LogP contribution in [0.1, 0.15) is 47.3 Å². The van der Waals surface area contributed by atoms with E-state index in [1.165, 1.54) is 16.6 Å². The number of hydrogen-bond acceptors (Lipinski definition) is 8. The molecule has 1 aliphatic heterocycles. The highest BCUT2D eigenvalue weighted by atomic mass is 32.2. The van der Waals surface area contributed by atoms with E-state index in [4.69, 9.17) is 10.5 Å². The number of nitrogens with one attached hydrogen (secondary N) is 2. The first kappa shape index (κ1) is 24.6. The molecule has 0 aromatic carbocycles. The second kappa shape index (κ2) is 10.3. The Hall–Kier alpha value is -3.03. The lowest BCUT2D eigenvalue weighted by Gasteiger charge is -2.33. The maximum atomic E-state index is 13.2. The van der Waals surface area contributed by atoms with Gasteiger partial charge in [-0.25, -0.2) is 13.4 Å². The van der Waals surface area contributed by atoms with Gasteiger partial charge in [0, 0.05) is 26.2 Å². The molecule has 0 unspecified atom stereocenters. The summed E-state index contributed by atoms with van der Waals surface area (Å²) in [5.74, 6) is -1.53. The Balaban J connectivity index is 1.95. The van der Waals surface area contributed by atoms with Crippen LogP contribution in [0.25, 0.3) is 0 Å². The number of H-pyrrole nitrogens is 1. The number of aromatic amines is 1. The van der Waals surface area contributed by atoms with Gasteiger partial charge in [-0.2, -0.15) is 9.40 Å². The van der Waals surface area contributed by atoms with E-state index in [0.29, 0.717) is 38.3 Å². The van der Waals surface area contributed by atoms with Crippen LogP contribution in [0.15, 0.2) is 17.2 Å². The molecule has 1 fully saturated rings. The van der Waals surface area contributed by atoms with Gasteiger partial charge in [0.1, 0.15) is 10.5 Å². The van der Waals surface area contributed by atoms with Crippen LogP contribution in [0.2, 0.25) is 0 Å². The van der Waals surface area contributed by atoms with Crippen LogP contribution in [0.4, 0.5) is 5.69 Å². The number of anilines is 1. The summed E-state index contributed by atoms with van der Waals surface area (Å²) in [5, 5.41) is 9.13. The van der Waals surface area contributed by atoms with Crippen molar-refractivity contribution in [3.63, 3.8) is 0 Å². The zero-order chi connectivity index (χ0) is 24.2. The standard InChI is InChI=1S/C20H29N7O5S/c1-4-15-16(17(18(21)28)25-24-15)23-19(29)14-11-13(12-22-20(14)32-6-3)33(30,31)27-9-7-26(5-2)8-10-27/h11-12H,4-10H2,1-3H3,(H2,21,28)(H,23,29)(H,24,25). The van der Waals surface area contributed by atoms with Crippen LogP contribution in [-0.4, -0.2) is 83.9 Å². The number of primary amides is 1. The third kappa shape index (κ3) is 5.15. The van der Waals surface area contributed by atoms with E-state index < -0.39 is 21.8 Å². The molecule has 0 spiro atoms. The maximum Gasteiger partial charge on any atom is 0.271 e. The van der Waals surface area contributed by atoms with Gasteiger partial charge in [-0.3, -0.25) is 14.7 Å². The Morgan fingerprint density at radius 1 is 1.21 bits per heavy atom. The third-order valence-electron chi connectivity index (χ3n) is 5.43. The molecule has 0 atom stereocenters. The van der Waals surface area contributed by atoms with Crippen molar-refractivity contribution in [2.75, 3.05) is 44.6 Å². The molecule has 1 saturated heterocycles. The van der Waals surface area contributed by atoms with Crippen molar-refractivity contribution in [1.29, 1.82) is 0 Å².